The van der Waals surface area contributed by atoms with Gasteiger partial charge in [0.05, 0.1) is 38.6 Å². The number of hydrogen-bond acceptors (Lipinski definition) is 7. The van der Waals surface area contributed by atoms with Crippen molar-refractivity contribution in [2.45, 2.75) is 13.0 Å². The predicted molar refractivity (Wildman–Crippen MR) is 174 cm³/mol. The van der Waals surface area contributed by atoms with Crippen molar-refractivity contribution in [3.63, 3.8) is 0 Å². The minimum Gasteiger partial charge on any atom is -0.496 e. The number of nitrogens with one attached hydrogen (secondary N) is 2. The lowest BCUT2D eigenvalue weighted by Gasteiger charge is -2.38. The maximum atomic E-state index is 13.9. The Kier molecular flexibility index (Phi) is 9.54. The molecule has 1 saturated heterocycles. The quantitative estimate of drug-likeness (QED) is 0.240. The summed E-state index contributed by atoms with van der Waals surface area (Å²) in [6.45, 7) is 4.88. The van der Waals surface area contributed by atoms with E-state index in [1.807, 2.05) is 67.6 Å². The van der Waals surface area contributed by atoms with Gasteiger partial charge in [0.2, 0.25) is 0 Å². The second kappa shape index (κ2) is 13.9. The van der Waals surface area contributed by atoms with Gasteiger partial charge >= 0.3 is 0 Å². The Morgan fingerprint density at radius 3 is 1.86 bits per heavy atom. The number of carbonyl (C=O) groups is 2. The zero-order chi connectivity index (χ0) is 31.1. The van der Waals surface area contributed by atoms with Gasteiger partial charge in [-0.2, -0.15) is 0 Å². The van der Waals surface area contributed by atoms with Crippen LogP contribution in [0.15, 0.2) is 91.0 Å². The molecular formula is C35H38N4O5. The molecule has 0 saturated carbocycles. The number of benzene rings is 4. The van der Waals surface area contributed by atoms with Gasteiger partial charge < -0.3 is 34.6 Å². The lowest BCUT2D eigenvalue weighted by molar-refractivity contribution is 0.0939. The van der Waals surface area contributed by atoms with Crippen molar-refractivity contribution in [3.05, 3.63) is 108 Å². The smallest absolute Gasteiger partial charge is 0.263 e. The highest BCUT2D eigenvalue weighted by molar-refractivity contribution is 6.09. The molecule has 1 atom stereocenters. The molecule has 9 nitrogen and oxygen atoms in total. The van der Waals surface area contributed by atoms with Gasteiger partial charge in [0.15, 0.2) is 0 Å². The van der Waals surface area contributed by atoms with Crippen molar-refractivity contribution in [3.8, 4) is 17.2 Å². The van der Waals surface area contributed by atoms with Crippen LogP contribution in [0.3, 0.4) is 0 Å². The Morgan fingerprint density at radius 1 is 0.659 bits per heavy atom. The minimum atomic E-state index is -0.401. The number of hydrogen-bond donors (Lipinski definition) is 2. The van der Waals surface area contributed by atoms with Crippen LogP contribution in [0.5, 0.6) is 17.2 Å². The Balaban J connectivity index is 1.42. The van der Waals surface area contributed by atoms with Crippen LogP contribution in [0.4, 0.5) is 17.1 Å². The van der Waals surface area contributed by atoms with E-state index in [0.29, 0.717) is 35.8 Å². The average molecular weight is 595 g/mol. The lowest BCUT2D eigenvalue weighted by atomic mass is 10.1. The van der Waals surface area contributed by atoms with Crippen LogP contribution < -0.4 is 34.6 Å². The fraction of sp³-hybridized carbons (Fsp3) is 0.257. The molecule has 4 aromatic rings. The first-order valence-corrected chi connectivity index (χ1v) is 14.6. The summed E-state index contributed by atoms with van der Waals surface area (Å²) in [4.78, 5) is 31.8. The summed E-state index contributed by atoms with van der Waals surface area (Å²) < 4.78 is 16.4. The Labute approximate surface area is 258 Å². The zero-order valence-corrected chi connectivity index (χ0v) is 25.5. The van der Waals surface area contributed by atoms with E-state index in [-0.39, 0.29) is 17.5 Å². The Hall–Kier alpha value is -5.18. The van der Waals surface area contributed by atoms with Gasteiger partial charge in [-0.3, -0.25) is 9.59 Å². The van der Waals surface area contributed by atoms with Gasteiger partial charge in [0.1, 0.15) is 22.8 Å². The second-order valence-electron chi connectivity index (χ2n) is 10.5. The SMILES string of the molecule is COc1ccccc1N1CCN(c2ccc(NC(=O)c3c(OC)cccc3OC)cc2C(=O)N[C@@H](C)c2ccccc2)CC1. The number of ether oxygens (including phenoxy) is 3. The van der Waals surface area contributed by atoms with Crippen molar-refractivity contribution in [2.24, 2.45) is 0 Å². The monoisotopic (exact) mass is 594 g/mol. The number of amides is 2. The van der Waals surface area contributed by atoms with E-state index in [4.69, 9.17) is 14.2 Å². The first-order chi connectivity index (χ1) is 21.4. The lowest BCUT2D eigenvalue weighted by Crippen LogP contribution is -2.47. The minimum absolute atomic E-state index is 0.213. The predicted octanol–water partition coefficient (Wildman–Crippen LogP) is 5.78. The van der Waals surface area contributed by atoms with Crippen LogP contribution in [-0.4, -0.2) is 59.3 Å². The van der Waals surface area contributed by atoms with Gasteiger partial charge in [0.25, 0.3) is 11.8 Å². The molecule has 1 fully saturated rings. The molecule has 4 aromatic carbocycles. The molecule has 228 valence electrons. The molecule has 2 amide bonds. The van der Waals surface area contributed by atoms with Gasteiger partial charge in [0, 0.05) is 37.6 Å². The molecule has 0 spiro atoms. The fourth-order valence-electron chi connectivity index (χ4n) is 5.52. The summed E-state index contributed by atoms with van der Waals surface area (Å²) in [5.41, 5.74) is 4.09. The van der Waals surface area contributed by atoms with E-state index in [0.717, 1.165) is 35.8 Å². The van der Waals surface area contributed by atoms with Crippen LogP contribution in [0, 0.1) is 0 Å². The van der Waals surface area contributed by atoms with Crippen LogP contribution in [0.25, 0.3) is 0 Å². The van der Waals surface area contributed by atoms with E-state index in [1.54, 1.807) is 31.4 Å². The molecule has 0 unspecified atom stereocenters. The highest BCUT2D eigenvalue weighted by atomic mass is 16.5. The molecule has 5 rings (SSSR count). The highest BCUT2D eigenvalue weighted by Crippen LogP contribution is 2.33. The maximum Gasteiger partial charge on any atom is 0.263 e. The number of anilines is 3. The summed E-state index contributed by atoms with van der Waals surface area (Å²) in [7, 11) is 4.69. The van der Waals surface area contributed by atoms with E-state index < -0.39 is 5.91 Å². The molecule has 1 aliphatic heterocycles. The summed E-state index contributed by atoms with van der Waals surface area (Å²) in [5, 5.41) is 6.08. The zero-order valence-electron chi connectivity index (χ0n) is 25.5. The van der Waals surface area contributed by atoms with Crippen LogP contribution in [0.2, 0.25) is 0 Å². The number of piperazine rings is 1. The number of rotatable bonds is 10. The Bertz CT molecular complexity index is 1580. The molecule has 44 heavy (non-hydrogen) atoms. The van der Waals surface area contributed by atoms with E-state index in [1.165, 1.54) is 14.2 Å². The van der Waals surface area contributed by atoms with E-state index >= 15 is 0 Å². The highest BCUT2D eigenvalue weighted by Gasteiger charge is 2.25. The molecule has 1 heterocycles. The summed E-state index contributed by atoms with van der Waals surface area (Å²) in [5.74, 6) is 0.987. The third-order valence-corrected chi connectivity index (χ3v) is 7.85. The number of methoxy groups -OCH3 is 3. The normalized spacial score (nSPS) is 13.5. The third-order valence-electron chi connectivity index (χ3n) is 7.85. The molecule has 0 radical (unpaired) electrons. The molecule has 2 N–H and O–H groups in total. The first kappa shape index (κ1) is 30.3. The maximum absolute atomic E-state index is 13.9. The summed E-state index contributed by atoms with van der Waals surface area (Å²) in [6, 6.07) is 28.2. The van der Waals surface area contributed by atoms with Crippen LogP contribution in [0.1, 0.15) is 39.2 Å². The molecule has 0 aromatic heterocycles. The van der Waals surface area contributed by atoms with Gasteiger partial charge in [-0.25, -0.2) is 0 Å². The first-order valence-electron chi connectivity index (χ1n) is 14.6. The van der Waals surface area contributed by atoms with Crippen molar-refractivity contribution >= 4 is 28.9 Å². The number of nitrogens with zero attached hydrogens (tertiary/aromatic N) is 2. The van der Waals surface area contributed by atoms with Crippen LogP contribution >= 0.6 is 0 Å². The number of para-hydroxylation sites is 2. The molecule has 1 aliphatic rings. The molecular weight excluding hydrogens is 556 g/mol. The van der Waals surface area contributed by atoms with Gasteiger partial charge in [-0.05, 0) is 55.0 Å². The molecule has 0 bridgehead atoms. The fourth-order valence-corrected chi connectivity index (χ4v) is 5.52. The average Bonchev–Trinajstić information content (AvgIpc) is 3.08. The number of carbonyl (C=O) groups excluding carboxylic acids is 2. The topological polar surface area (TPSA) is 92.4 Å². The largest absolute Gasteiger partial charge is 0.496 e. The van der Waals surface area contributed by atoms with Gasteiger partial charge in [-0.15, -0.1) is 0 Å². The second-order valence-corrected chi connectivity index (χ2v) is 10.5. The van der Waals surface area contributed by atoms with Gasteiger partial charge in [-0.1, -0.05) is 48.5 Å². The summed E-state index contributed by atoms with van der Waals surface area (Å²) in [6.07, 6.45) is 0. The van der Waals surface area contributed by atoms with E-state index in [9.17, 15) is 9.59 Å². The van der Waals surface area contributed by atoms with Crippen molar-refractivity contribution in [1.29, 1.82) is 0 Å². The van der Waals surface area contributed by atoms with Crippen LogP contribution in [-0.2, 0) is 0 Å². The Morgan fingerprint density at radius 2 is 1.23 bits per heavy atom. The van der Waals surface area contributed by atoms with Crippen molar-refractivity contribution in [2.75, 3.05) is 62.6 Å². The van der Waals surface area contributed by atoms with Crippen molar-refractivity contribution in [1.82, 2.24) is 5.32 Å². The molecule has 9 heteroatoms. The third kappa shape index (κ3) is 6.57. The van der Waals surface area contributed by atoms with Crippen molar-refractivity contribution < 1.29 is 23.8 Å². The van der Waals surface area contributed by atoms with E-state index in [2.05, 4.69) is 26.5 Å². The molecule has 0 aliphatic carbocycles. The standard InChI is InChI=1S/C35H38N4O5/c1-24(25-11-6-5-7-12-25)36-34(40)27-23-26(37-35(41)33-31(43-3)15-10-16-32(33)44-4)17-18-28(27)38-19-21-39(22-20-38)29-13-8-9-14-30(29)42-2/h5-18,23-24H,19-22H2,1-4H3,(H,36,40)(H,37,41)/t24-/m0/s1. The summed E-state index contributed by atoms with van der Waals surface area (Å²) >= 11 is 0.